The maximum absolute atomic E-state index is 9.22. The van der Waals surface area contributed by atoms with Crippen molar-refractivity contribution in [3.63, 3.8) is 0 Å². The van der Waals surface area contributed by atoms with Crippen molar-refractivity contribution in [2.24, 2.45) is 0 Å². The van der Waals surface area contributed by atoms with Gasteiger partial charge >= 0.3 is 0 Å². The van der Waals surface area contributed by atoms with Gasteiger partial charge in [-0.15, -0.1) is 6.42 Å². The quantitative estimate of drug-likeness (QED) is 0.715. The first-order valence-electron chi connectivity index (χ1n) is 2.99. The Kier molecular flexibility index (Phi) is 2.64. The van der Waals surface area contributed by atoms with E-state index >= 15 is 0 Å². The zero-order valence-electron chi connectivity index (χ0n) is 5.66. The van der Waals surface area contributed by atoms with E-state index in [-0.39, 0.29) is 0 Å². The summed E-state index contributed by atoms with van der Waals surface area (Å²) in [4.78, 5) is 3.84. The van der Waals surface area contributed by atoms with Crippen molar-refractivity contribution < 1.29 is 5.11 Å². The van der Waals surface area contributed by atoms with E-state index in [1.54, 1.807) is 18.5 Å². The topological polar surface area (TPSA) is 33.1 Å². The lowest BCUT2D eigenvalue weighted by Crippen LogP contribution is -1.94. The zero-order chi connectivity index (χ0) is 8.27. The van der Waals surface area contributed by atoms with Gasteiger partial charge in [-0.2, -0.15) is 0 Å². The number of hydrogen-bond acceptors (Lipinski definition) is 2. The first-order chi connectivity index (χ1) is 5.25. The minimum absolute atomic E-state index is 0.669. The maximum Gasteiger partial charge on any atom is 0.141 e. The number of pyridine rings is 1. The molecule has 0 unspecified atom stereocenters. The Bertz CT molecular complexity index is 292. The van der Waals surface area contributed by atoms with Gasteiger partial charge in [0.1, 0.15) is 6.10 Å². The number of terminal acetylenes is 1. The third kappa shape index (κ3) is 1.79. The molecule has 0 amide bonds. The Balaban J connectivity index is 3.05. The molecular formula is C8H6BrNO. The van der Waals surface area contributed by atoms with Crippen molar-refractivity contribution in [2.75, 3.05) is 0 Å². The van der Waals surface area contributed by atoms with E-state index in [2.05, 4.69) is 26.8 Å². The number of rotatable bonds is 1. The molecule has 0 fully saturated rings. The Labute approximate surface area is 73.4 Å². The zero-order valence-corrected chi connectivity index (χ0v) is 7.25. The summed E-state index contributed by atoms with van der Waals surface area (Å²) < 4.78 is 0.727. The van der Waals surface area contributed by atoms with Crippen molar-refractivity contribution in [2.45, 2.75) is 6.10 Å². The first-order valence-corrected chi connectivity index (χ1v) is 3.78. The molecule has 1 N–H and O–H groups in total. The van der Waals surface area contributed by atoms with Gasteiger partial charge in [-0.3, -0.25) is 4.98 Å². The predicted octanol–water partition coefficient (Wildman–Crippen LogP) is 1.51. The molecule has 0 aliphatic carbocycles. The minimum atomic E-state index is -0.854. The fourth-order valence-electron chi connectivity index (χ4n) is 0.697. The molecule has 0 saturated carbocycles. The smallest absolute Gasteiger partial charge is 0.141 e. The summed E-state index contributed by atoms with van der Waals surface area (Å²) in [5, 5.41) is 9.22. The van der Waals surface area contributed by atoms with Crippen LogP contribution >= 0.6 is 15.9 Å². The molecule has 0 aliphatic rings. The van der Waals surface area contributed by atoms with Crippen LogP contribution in [0, 0.1) is 12.3 Å². The van der Waals surface area contributed by atoms with E-state index in [0.717, 1.165) is 4.47 Å². The maximum atomic E-state index is 9.22. The van der Waals surface area contributed by atoms with Crippen molar-refractivity contribution in [1.82, 2.24) is 4.98 Å². The van der Waals surface area contributed by atoms with Crippen LogP contribution in [-0.4, -0.2) is 10.1 Å². The van der Waals surface area contributed by atoms with Crippen LogP contribution in [0.4, 0.5) is 0 Å². The van der Waals surface area contributed by atoms with Gasteiger partial charge in [-0.05, 0) is 22.0 Å². The molecule has 0 bridgehead atoms. The normalized spacial score (nSPS) is 12.1. The third-order valence-electron chi connectivity index (χ3n) is 1.26. The summed E-state index contributed by atoms with van der Waals surface area (Å²) in [6.07, 6.45) is 7.35. The molecule has 0 spiro atoms. The van der Waals surface area contributed by atoms with Crippen LogP contribution in [-0.2, 0) is 0 Å². The van der Waals surface area contributed by atoms with Crippen molar-refractivity contribution >= 4 is 15.9 Å². The van der Waals surface area contributed by atoms with E-state index in [4.69, 9.17) is 6.42 Å². The highest BCUT2D eigenvalue weighted by Crippen LogP contribution is 2.20. The second-order valence-corrected chi connectivity index (χ2v) is 2.82. The number of aliphatic hydroxyl groups excluding tert-OH is 1. The van der Waals surface area contributed by atoms with Gasteiger partial charge in [0, 0.05) is 22.4 Å². The van der Waals surface area contributed by atoms with Crippen LogP contribution in [0.3, 0.4) is 0 Å². The Morgan fingerprint density at radius 2 is 2.45 bits per heavy atom. The van der Waals surface area contributed by atoms with Gasteiger partial charge in [0.25, 0.3) is 0 Å². The van der Waals surface area contributed by atoms with Gasteiger partial charge in [-0.25, -0.2) is 0 Å². The molecule has 0 aromatic carbocycles. The molecule has 1 heterocycles. The van der Waals surface area contributed by atoms with E-state index in [0.29, 0.717) is 5.56 Å². The number of aliphatic hydroxyl groups is 1. The molecule has 1 rings (SSSR count). The lowest BCUT2D eigenvalue weighted by Gasteiger charge is -2.04. The molecule has 1 aromatic heterocycles. The summed E-state index contributed by atoms with van der Waals surface area (Å²) in [5.74, 6) is 2.22. The van der Waals surface area contributed by atoms with Crippen LogP contribution in [0.1, 0.15) is 11.7 Å². The highest BCUT2D eigenvalue weighted by atomic mass is 79.9. The van der Waals surface area contributed by atoms with Crippen LogP contribution in [0.15, 0.2) is 22.9 Å². The monoisotopic (exact) mass is 211 g/mol. The SMILES string of the molecule is C#C[C@H](O)c1ccncc1Br. The van der Waals surface area contributed by atoms with Crippen molar-refractivity contribution in [3.8, 4) is 12.3 Å². The summed E-state index contributed by atoms with van der Waals surface area (Å²) in [5.41, 5.74) is 0.669. The first kappa shape index (κ1) is 8.25. The van der Waals surface area contributed by atoms with E-state index < -0.39 is 6.10 Å². The Morgan fingerprint density at radius 3 is 3.00 bits per heavy atom. The molecule has 3 heteroatoms. The average molecular weight is 212 g/mol. The predicted molar refractivity (Wildman–Crippen MR) is 45.7 cm³/mol. The highest BCUT2D eigenvalue weighted by Gasteiger charge is 2.06. The Hall–Kier alpha value is -0.850. The van der Waals surface area contributed by atoms with Gasteiger partial charge < -0.3 is 5.11 Å². The molecular weight excluding hydrogens is 206 g/mol. The molecule has 56 valence electrons. The fourth-order valence-corrected chi connectivity index (χ4v) is 1.16. The van der Waals surface area contributed by atoms with E-state index in [1.165, 1.54) is 0 Å². The van der Waals surface area contributed by atoms with Crippen LogP contribution in [0.2, 0.25) is 0 Å². The lowest BCUT2D eigenvalue weighted by molar-refractivity contribution is 0.237. The molecule has 11 heavy (non-hydrogen) atoms. The second kappa shape index (κ2) is 3.51. The highest BCUT2D eigenvalue weighted by molar-refractivity contribution is 9.10. The summed E-state index contributed by atoms with van der Waals surface area (Å²) in [6.45, 7) is 0. The molecule has 0 radical (unpaired) electrons. The molecule has 0 saturated heterocycles. The van der Waals surface area contributed by atoms with Gasteiger partial charge in [0.2, 0.25) is 0 Å². The summed E-state index contributed by atoms with van der Waals surface area (Å²) >= 11 is 3.22. The standard InChI is InChI=1S/C8H6BrNO/c1-2-8(11)6-3-4-10-5-7(6)9/h1,3-5,8,11H/t8-/m0/s1. The molecule has 2 nitrogen and oxygen atoms in total. The number of hydrogen-bond donors (Lipinski definition) is 1. The summed E-state index contributed by atoms with van der Waals surface area (Å²) in [7, 11) is 0. The molecule has 0 aliphatic heterocycles. The lowest BCUT2D eigenvalue weighted by atomic mass is 10.2. The van der Waals surface area contributed by atoms with Crippen LogP contribution < -0.4 is 0 Å². The number of nitrogens with zero attached hydrogens (tertiary/aromatic N) is 1. The van der Waals surface area contributed by atoms with Crippen molar-refractivity contribution in [3.05, 3.63) is 28.5 Å². The van der Waals surface area contributed by atoms with E-state index in [1.807, 2.05) is 0 Å². The largest absolute Gasteiger partial charge is 0.376 e. The minimum Gasteiger partial charge on any atom is -0.376 e. The Morgan fingerprint density at radius 1 is 1.73 bits per heavy atom. The number of halogens is 1. The molecule has 1 aromatic rings. The second-order valence-electron chi connectivity index (χ2n) is 1.97. The average Bonchev–Trinajstić information content (AvgIpc) is 2.04. The van der Waals surface area contributed by atoms with Crippen LogP contribution in [0.5, 0.6) is 0 Å². The van der Waals surface area contributed by atoms with Gasteiger partial charge in [0.15, 0.2) is 0 Å². The fraction of sp³-hybridized carbons (Fsp3) is 0.125. The summed E-state index contributed by atoms with van der Waals surface area (Å²) in [6, 6.07) is 1.68. The third-order valence-corrected chi connectivity index (χ3v) is 1.92. The van der Waals surface area contributed by atoms with E-state index in [9.17, 15) is 5.11 Å². The molecule has 1 atom stereocenters. The van der Waals surface area contributed by atoms with Gasteiger partial charge in [-0.1, -0.05) is 5.92 Å². The van der Waals surface area contributed by atoms with Crippen molar-refractivity contribution in [1.29, 1.82) is 0 Å². The number of aromatic nitrogens is 1. The van der Waals surface area contributed by atoms with Crippen LogP contribution in [0.25, 0.3) is 0 Å². The van der Waals surface area contributed by atoms with Gasteiger partial charge in [0.05, 0.1) is 0 Å².